The molecule has 0 heterocycles. The van der Waals surface area contributed by atoms with Crippen molar-refractivity contribution in [1.29, 1.82) is 0 Å². The summed E-state index contributed by atoms with van der Waals surface area (Å²) in [5.74, 6) is 0. The Labute approximate surface area is 101 Å². The fourth-order valence-electron chi connectivity index (χ4n) is 1.69. The van der Waals surface area contributed by atoms with Crippen molar-refractivity contribution in [3.63, 3.8) is 0 Å². The highest BCUT2D eigenvalue weighted by Gasteiger charge is 2.17. The van der Waals surface area contributed by atoms with Crippen LogP contribution in [0.2, 0.25) is 0 Å². The van der Waals surface area contributed by atoms with E-state index in [0.29, 0.717) is 0 Å². The number of hydrogen-bond donors (Lipinski definition) is 0. The Morgan fingerprint density at radius 1 is 1.00 bits per heavy atom. The summed E-state index contributed by atoms with van der Waals surface area (Å²) in [6.45, 7) is 0.803. The molecule has 0 spiro atoms. The van der Waals surface area contributed by atoms with Gasteiger partial charge in [0.2, 0.25) is 0 Å². The van der Waals surface area contributed by atoms with Crippen LogP contribution in [0.5, 0.6) is 0 Å². The third-order valence-electron chi connectivity index (χ3n) is 2.38. The van der Waals surface area contributed by atoms with Gasteiger partial charge in [0.25, 0.3) is 0 Å². The second-order valence-electron chi connectivity index (χ2n) is 4.36. The number of rotatable bonds is 6. The molecule has 4 heteroatoms. The molecular formula is C12H22N2OSi. The highest BCUT2D eigenvalue weighted by atomic mass is 28.3. The summed E-state index contributed by atoms with van der Waals surface area (Å²) in [7, 11) is 6.98. The fraction of sp³-hybridized carbons (Fsp3) is 0.500. The lowest BCUT2D eigenvalue weighted by Crippen LogP contribution is -2.48. The van der Waals surface area contributed by atoms with Crippen molar-refractivity contribution in [1.82, 2.24) is 9.13 Å². The molecule has 0 aromatic heterocycles. The van der Waals surface area contributed by atoms with Crippen LogP contribution in [-0.2, 0) is 10.8 Å². The molecule has 0 aliphatic heterocycles. The minimum Gasteiger partial charge on any atom is -0.393 e. The molecule has 90 valence electrons. The van der Waals surface area contributed by atoms with Gasteiger partial charge in [-0.25, -0.2) is 0 Å². The first-order chi connectivity index (χ1) is 7.61. The molecule has 16 heavy (non-hydrogen) atoms. The molecule has 0 amide bonds. The van der Waals surface area contributed by atoms with E-state index in [4.69, 9.17) is 4.43 Å². The van der Waals surface area contributed by atoms with Gasteiger partial charge >= 0.3 is 9.36 Å². The Balaban J connectivity index is 2.34. The maximum Gasteiger partial charge on any atom is 0.339 e. The highest BCUT2D eigenvalue weighted by Crippen LogP contribution is 2.01. The summed E-state index contributed by atoms with van der Waals surface area (Å²) in [6, 6.07) is 10.5. The molecule has 1 aromatic carbocycles. The van der Waals surface area contributed by atoms with Crippen LogP contribution in [0.4, 0.5) is 0 Å². The molecule has 0 N–H and O–H groups in total. The molecule has 0 aliphatic rings. The van der Waals surface area contributed by atoms with Gasteiger partial charge in [0.05, 0.1) is 0 Å². The minimum atomic E-state index is -1.35. The van der Waals surface area contributed by atoms with E-state index in [1.165, 1.54) is 5.56 Å². The Kier molecular flexibility index (Phi) is 5.69. The van der Waals surface area contributed by atoms with Crippen LogP contribution >= 0.6 is 0 Å². The van der Waals surface area contributed by atoms with Crippen LogP contribution in [0.15, 0.2) is 30.3 Å². The van der Waals surface area contributed by atoms with Crippen molar-refractivity contribution >= 4 is 9.36 Å². The van der Waals surface area contributed by atoms with Crippen molar-refractivity contribution < 1.29 is 4.43 Å². The number of benzene rings is 1. The van der Waals surface area contributed by atoms with Crippen LogP contribution in [0, 0.1) is 0 Å². The lowest BCUT2D eigenvalue weighted by molar-refractivity contribution is 0.246. The van der Waals surface area contributed by atoms with E-state index in [2.05, 4.69) is 61.6 Å². The summed E-state index contributed by atoms with van der Waals surface area (Å²) in [6.07, 6.45) is 0.992. The maximum atomic E-state index is 5.96. The predicted molar refractivity (Wildman–Crippen MR) is 70.6 cm³/mol. The van der Waals surface area contributed by atoms with Gasteiger partial charge in [-0.2, -0.15) is 0 Å². The van der Waals surface area contributed by atoms with Crippen LogP contribution in [-0.4, -0.2) is 53.3 Å². The van der Waals surface area contributed by atoms with Gasteiger partial charge in [-0.3, -0.25) is 9.13 Å². The van der Waals surface area contributed by atoms with E-state index >= 15 is 0 Å². The second kappa shape index (κ2) is 6.80. The average molecular weight is 238 g/mol. The summed E-state index contributed by atoms with van der Waals surface area (Å²) in [5, 5.41) is 0. The normalized spacial score (nSPS) is 11.7. The van der Waals surface area contributed by atoms with Crippen LogP contribution < -0.4 is 0 Å². The van der Waals surface area contributed by atoms with E-state index in [0.717, 1.165) is 13.0 Å². The Hall–Kier alpha value is -0.683. The van der Waals surface area contributed by atoms with Crippen LogP contribution in [0.1, 0.15) is 5.56 Å². The Bertz CT molecular complexity index is 282. The fourth-order valence-corrected chi connectivity index (χ4v) is 3.54. The lowest BCUT2D eigenvalue weighted by atomic mass is 10.2. The van der Waals surface area contributed by atoms with Gasteiger partial charge in [0, 0.05) is 6.61 Å². The molecule has 0 bridgehead atoms. The minimum absolute atomic E-state index is 0.803. The van der Waals surface area contributed by atoms with Gasteiger partial charge in [-0.1, -0.05) is 30.3 Å². The van der Waals surface area contributed by atoms with Gasteiger partial charge in [-0.15, -0.1) is 0 Å². The van der Waals surface area contributed by atoms with Crippen LogP contribution in [0.25, 0.3) is 0 Å². The van der Waals surface area contributed by atoms with Gasteiger partial charge in [0.15, 0.2) is 0 Å². The quantitative estimate of drug-likeness (QED) is 0.690. The van der Waals surface area contributed by atoms with E-state index in [1.54, 1.807) is 0 Å². The van der Waals surface area contributed by atoms with E-state index < -0.39 is 9.36 Å². The molecule has 0 fully saturated rings. The molecular weight excluding hydrogens is 216 g/mol. The summed E-state index contributed by atoms with van der Waals surface area (Å²) in [5.41, 5.74) is 1.34. The van der Waals surface area contributed by atoms with Gasteiger partial charge in [0.1, 0.15) is 0 Å². The van der Waals surface area contributed by atoms with E-state index in [-0.39, 0.29) is 0 Å². The summed E-state index contributed by atoms with van der Waals surface area (Å²) >= 11 is 0. The monoisotopic (exact) mass is 238 g/mol. The third kappa shape index (κ3) is 4.45. The van der Waals surface area contributed by atoms with E-state index in [1.807, 2.05) is 6.07 Å². The second-order valence-corrected chi connectivity index (χ2v) is 7.41. The topological polar surface area (TPSA) is 15.7 Å². The standard InChI is InChI=1S/C12H22N2OSi/c1-13(2)16(14(3)4)15-11-10-12-8-6-5-7-9-12/h5-9,16H,10-11H2,1-4H3. The van der Waals surface area contributed by atoms with Crippen molar-refractivity contribution in [3.8, 4) is 0 Å². The molecule has 0 aliphatic carbocycles. The number of hydrogen-bond acceptors (Lipinski definition) is 3. The first-order valence-corrected chi connectivity index (χ1v) is 7.10. The maximum absolute atomic E-state index is 5.96. The smallest absolute Gasteiger partial charge is 0.339 e. The van der Waals surface area contributed by atoms with Gasteiger partial charge < -0.3 is 4.43 Å². The van der Waals surface area contributed by atoms with Crippen molar-refractivity contribution in [3.05, 3.63) is 35.9 Å². The molecule has 0 radical (unpaired) electrons. The van der Waals surface area contributed by atoms with Crippen molar-refractivity contribution in [2.24, 2.45) is 0 Å². The first kappa shape index (κ1) is 13.4. The highest BCUT2D eigenvalue weighted by molar-refractivity contribution is 6.44. The zero-order valence-electron chi connectivity index (χ0n) is 10.7. The summed E-state index contributed by atoms with van der Waals surface area (Å²) < 4.78 is 10.4. The molecule has 0 unspecified atom stereocenters. The number of nitrogens with zero attached hydrogens (tertiary/aromatic N) is 2. The first-order valence-electron chi connectivity index (χ1n) is 5.59. The molecule has 0 saturated heterocycles. The average Bonchev–Trinajstić information content (AvgIpc) is 2.24. The predicted octanol–water partition coefficient (Wildman–Crippen LogP) is 1.09. The lowest BCUT2D eigenvalue weighted by Gasteiger charge is -2.27. The van der Waals surface area contributed by atoms with Crippen LogP contribution in [0.3, 0.4) is 0 Å². The zero-order chi connectivity index (χ0) is 12.0. The zero-order valence-corrected chi connectivity index (χ0v) is 11.8. The summed E-state index contributed by atoms with van der Waals surface area (Å²) in [4.78, 5) is 0. The van der Waals surface area contributed by atoms with Crippen molar-refractivity contribution in [2.45, 2.75) is 6.42 Å². The molecule has 0 saturated carbocycles. The molecule has 1 aromatic rings. The van der Waals surface area contributed by atoms with Crippen molar-refractivity contribution in [2.75, 3.05) is 34.8 Å². The van der Waals surface area contributed by atoms with E-state index in [9.17, 15) is 0 Å². The molecule has 1 rings (SSSR count). The molecule has 0 atom stereocenters. The van der Waals surface area contributed by atoms with Gasteiger partial charge in [-0.05, 0) is 40.2 Å². The third-order valence-corrected chi connectivity index (χ3v) is 4.68. The molecule has 3 nitrogen and oxygen atoms in total. The largest absolute Gasteiger partial charge is 0.393 e. The SMILES string of the molecule is CN(C)[SiH](OCCc1ccccc1)N(C)C. The Morgan fingerprint density at radius 2 is 1.56 bits per heavy atom. The Morgan fingerprint density at radius 3 is 2.06 bits per heavy atom.